The fourth-order valence-electron chi connectivity index (χ4n) is 2.14. The minimum atomic E-state index is -3.83. The number of likely N-dealkylation sites (N-methyl/N-ethyl adjacent to an activating group) is 1. The molecule has 24 heavy (non-hydrogen) atoms. The third kappa shape index (κ3) is 5.61. The van der Waals surface area contributed by atoms with Crippen LogP contribution in [0.15, 0.2) is 35.2 Å². The van der Waals surface area contributed by atoms with Crippen LogP contribution in [0, 0.1) is 0 Å². The Balaban J connectivity index is 3.27. The average Bonchev–Trinajstić information content (AvgIpc) is 2.41. The number of hydrogen-bond acceptors (Lipinski definition) is 3. The maximum absolute atomic E-state index is 12.6. The van der Waals surface area contributed by atoms with E-state index in [1.54, 1.807) is 25.7 Å². The van der Waals surface area contributed by atoms with Crippen LogP contribution in [0.3, 0.4) is 0 Å². The summed E-state index contributed by atoms with van der Waals surface area (Å²) in [5.41, 5.74) is 0.468. The molecule has 0 aromatic heterocycles. The van der Waals surface area contributed by atoms with Crippen molar-refractivity contribution in [3.8, 4) is 0 Å². The molecule has 1 N–H and O–H groups in total. The van der Waals surface area contributed by atoms with Gasteiger partial charge in [0.05, 0.1) is 5.02 Å². The van der Waals surface area contributed by atoms with Gasteiger partial charge >= 0.3 is 0 Å². The molecule has 1 aromatic rings. The molecule has 1 amide bonds. The summed E-state index contributed by atoms with van der Waals surface area (Å²) in [5, 5.41) is 0.0752. The van der Waals surface area contributed by atoms with Gasteiger partial charge in [-0.3, -0.25) is 4.79 Å². The van der Waals surface area contributed by atoms with Crippen LogP contribution in [0.25, 0.3) is 0 Å². The van der Waals surface area contributed by atoms with E-state index in [0.717, 1.165) is 5.57 Å². The van der Waals surface area contributed by atoms with E-state index in [1.807, 2.05) is 13.8 Å². The molecule has 0 atom stereocenters. The van der Waals surface area contributed by atoms with Crippen LogP contribution in [0.4, 0.5) is 0 Å². The maximum atomic E-state index is 12.6. The lowest BCUT2D eigenvalue weighted by Gasteiger charge is -2.23. The quantitative estimate of drug-likeness (QED) is 0.777. The summed E-state index contributed by atoms with van der Waals surface area (Å²) in [6.07, 6.45) is 0. The molecule has 5 nitrogen and oxygen atoms in total. The predicted octanol–water partition coefficient (Wildman–Crippen LogP) is 3.46. The summed E-state index contributed by atoms with van der Waals surface area (Å²) < 4.78 is 27.6. The minimum Gasteiger partial charge on any atom is -0.335 e. The van der Waals surface area contributed by atoms with Crippen molar-refractivity contribution in [2.24, 2.45) is 0 Å². The van der Waals surface area contributed by atoms with E-state index in [9.17, 15) is 13.2 Å². The van der Waals surface area contributed by atoms with Crippen LogP contribution < -0.4 is 4.72 Å². The number of halogens is 1. The van der Waals surface area contributed by atoms with Crippen molar-refractivity contribution in [3.63, 3.8) is 0 Å². The van der Waals surface area contributed by atoms with Crippen molar-refractivity contribution in [2.45, 2.75) is 45.1 Å². The second-order valence-electron chi connectivity index (χ2n) is 6.78. The molecule has 0 unspecified atom stereocenters. The summed E-state index contributed by atoms with van der Waals surface area (Å²) in [6, 6.07) is 4.28. The lowest BCUT2D eigenvalue weighted by atomic mass is 10.1. The zero-order valence-corrected chi connectivity index (χ0v) is 16.4. The summed E-state index contributed by atoms with van der Waals surface area (Å²) >= 11 is 6.05. The summed E-state index contributed by atoms with van der Waals surface area (Å²) in [5.74, 6) is -0.260. The molecule has 7 heteroatoms. The van der Waals surface area contributed by atoms with Crippen LogP contribution >= 0.6 is 11.6 Å². The van der Waals surface area contributed by atoms with Crippen molar-refractivity contribution in [1.82, 2.24) is 9.62 Å². The summed E-state index contributed by atoms with van der Waals surface area (Å²) in [4.78, 5) is 14.1. The third-order valence-electron chi connectivity index (χ3n) is 3.04. The van der Waals surface area contributed by atoms with E-state index in [-0.39, 0.29) is 21.4 Å². The normalized spacial score (nSPS) is 12.1. The molecule has 0 aliphatic heterocycles. The Morgan fingerprint density at radius 1 is 1.33 bits per heavy atom. The molecule has 134 valence electrons. The number of carbonyl (C=O) groups is 1. The van der Waals surface area contributed by atoms with E-state index in [2.05, 4.69) is 11.3 Å². The Kier molecular flexibility index (Phi) is 6.61. The first kappa shape index (κ1) is 20.7. The molecule has 0 fully saturated rings. The van der Waals surface area contributed by atoms with Gasteiger partial charge in [-0.1, -0.05) is 23.8 Å². The number of nitrogens with zero attached hydrogens (tertiary/aromatic N) is 1. The van der Waals surface area contributed by atoms with Gasteiger partial charge in [0.1, 0.15) is 4.90 Å². The molecular formula is C17H25ClN2O3S. The second kappa shape index (κ2) is 7.68. The molecule has 1 aromatic carbocycles. The van der Waals surface area contributed by atoms with Crippen LogP contribution in [0.1, 0.15) is 45.0 Å². The van der Waals surface area contributed by atoms with Gasteiger partial charge in [0, 0.05) is 24.2 Å². The highest BCUT2D eigenvalue weighted by Gasteiger charge is 2.26. The lowest BCUT2D eigenvalue weighted by molar-refractivity contribution is 0.0778. The monoisotopic (exact) mass is 372 g/mol. The number of hydrogen-bond donors (Lipinski definition) is 1. The fourth-order valence-corrected chi connectivity index (χ4v) is 4.08. The highest BCUT2D eigenvalue weighted by atomic mass is 35.5. The van der Waals surface area contributed by atoms with E-state index in [0.29, 0.717) is 13.1 Å². The van der Waals surface area contributed by atoms with Gasteiger partial charge in [0.15, 0.2) is 0 Å². The highest BCUT2D eigenvalue weighted by Crippen LogP contribution is 2.24. The first-order chi connectivity index (χ1) is 10.9. The Labute approximate surface area is 149 Å². The summed E-state index contributed by atoms with van der Waals surface area (Å²) in [7, 11) is -3.83. The topological polar surface area (TPSA) is 66.5 Å². The van der Waals surface area contributed by atoms with Gasteiger partial charge in [0.2, 0.25) is 10.0 Å². The number of benzene rings is 1. The van der Waals surface area contributed by atoms with Gasteiger partial charge in [0.25, 0.3) is 5.91 Å². The lowest BCUT2D eigenvalue weighted by Crippen LogP contribution is -2.40. The fraction of sp³-hybridized carbons (Fsp3) is 0.471. The Morgan fingerprint density at radius 3 is 2.38 bits per heavy atom. The second-order valence-corrected chi connectivity index (χ2v) is 8.84. The predicted molar refractivity (Wildman–Crippen MR) is 97.9 cm³/mol. The number of amides is 1. The number of nitrogens with one attached hydrogen (secondary N) is 1. The largest absolute Gasteiger partial charge is 0.335 e. The van der Waals surface area contributed by atoms with Gasteiger partial charge in [-0.2, -0.15) is 0 Å². The molecule has 0 saturated carbocycles. The molecule has 1 rings (SSSR count). The van der Waals surface area contributed by atoms with E-state index < -0.39 is 15.6 Å². The maximum Gasteiger partial charge on any atom is 0.254 e. The Morgan fingerprint density at radius 2 is 1.92 bits per heavy atom. The first-order valence-electron chi connectivity index (χ1n) is 7.64. The minimum absolute atomic E-state index is 0.0752. The average molecular weight is 373 g/mol. The Bertz CT molecular complexity index is 737. The van der Waals surface area contributed by atoms with Crippen LogP contribution in [0.2, 0.25) is 5.02 Å². The summed E-state index contributed by atoms with van der Waals surface area (Å²) in [6.45, 7) is 13.6. The molecule has 0 spiro atoms. The van der Waals surface area contributed by atoms with Crippen molar-refractivity contribution in [2.75, 3.05) is 13.1 Å². The van der Waals surface area contributed by atoms with Gasteiger partial charge < -0.3 is 4.90 Å². The van der Waals surface area contributed by atoms with Gasteiger partial charge in [-0.15, -0.1) is 0 Å². The third-order valence-corrected chi connectivity index (χ3v) is 5.28. The smallest absolute Gasteiger partial charge is 0.254 e. The zero-order valence-electron chi connectivity index (χ0n) is 14.8. The van der Waals surface area contributed by atoms with Crippen molar-refractivity contribution >= 4 is 27.5 Å². The highest BCUT2D eigenvalue weighted by molar-refractivity contribution is 7.89. The standard InChI is InChI=1S/C17H25ClN2O3S/c1-7-20(11-12(2)3)16(21)13-8-9-14(18)15(10-13)24(22,23)19-17(4,5)6/h8-10,19H,2,7,11H2,1,3-6H3. The molecule has 0 aliphatic rings. The Hall–Kier alpha value is -1.37. The van der Waals surface area contributed by atoms with Crippen LogP contribution in [-0.4, -0.2) is 37.9 Å². The molecule has 0 bridgehead atoms. The van der Waals surface area contributed by atoms with Crippen molar-refractivity contribution in [3.05, 3.63) is 40.9 Å². The first-order valence-corrected chi connectivity index (χ1v) is 9.50. The van der Waals surface area contributed by atoms with Crippen LogP contribution in [-0.2, 0) is 10.0 Å². The zero-order chi connectivity index (χ0) is 18.7. The molecule has 0 radical (unpaired) electrons. The SMILES string of the molecule is C=C(C)CN(CC)C(=O)c1ccc(Cl)c(S(=O)(=O)NC(C)(C)C)c1. The van der Waals surface area contributed by atoms with E-state index in [1.165, 1.54) is 18.2 Å². The number of carbonyl (C=O) groups excluding carboxylic acids is 1. The van der Waals surface area contributed by atoms with Crippen LogP contribution in [0.5, 0.6) is 0 Å². The van der Waals surface area contributed by atoms with E-state index >= 15 is 0 Å². The van der Waals surface area contributed by atoms with Gasteiger partial charge in [-0.05, 0) is 52.8 Å². The number of rotatable bonds is 6. The number of sulfonamides is 1. The molecule has 0 saturated heterocycles. The molecule has 0 aliphatic carbocycles. The van der Waals surface area contributed by atoms with Crippen molar-refractivity contribution in [1.29, 1.82) is 0 Å². The van der Waals surface area contributed by atoms with Gasteiger partial charge in [-0.25, -0.2) is 13.1 Å². The van der Waals surface area contributed by atoms with Crippen molar-refractivity contribution < 1.29 is 13.2 Å². The molecule has 0 heterocycles. The molecular weight excluding hydrogens is 348 g/mol. The van der Waals surface area contributed by atoms with E-state index in [4.69, 9.17) is 11.6 Å².